The Labute approximate surface area is 181 Å². The molecule has 2 unspecified atom stereocenters. The fraction of sp³-hybridized carbons (Fsp3) is 0.458. The summed E-state index contributed by atoms with van der Waals surface area (Å²) >= 11 is 0. The van der Waals surface area contributed by atoms with E-state index in [1.165, 1.54) is 5.56 Å². The van der Waals surface area contributed by atoms with Gasteiger partial charge in [-0.25, -0.2) is 0 Å². The van der Waals surface area contributed by atoms with E-state index in [0.717, 1.165) is 11.4 Å². The molecule has 1 aromatic heterocycles. The molecule has 162 valence electrons. The van der Waals surface area contributed by atoms with Crippen LogP contribution in [0.2, 0.25) is 0 Å². The zero-order valence-corrected chi connectivity index (χ0v) is 18.2. The van der Waals surface area contributed by atoms with Crippen LogP contribution in [0, 0.1) is 18.8 Å². The van der Waals surface area contributed by atoms with E-state index in [0.29, 0.717) is 24.8 Å². The fourth-order valence-corrected chi connectivity index (χ4v) is 5.09. The minimum absolute atomic E-state index is 0.0496. The lowest BCUT2D eigenvalue weighted by Gasteiger charge is -2.27. The molecule has 4 atom stereocenters. The Morgan fingerprint density at radius 2 is 2.06 bits per heavy atom. The third-order valence-corrected chi connectivity index (χ3v) is 6.70. The third-order valence-electron chi connectivity index (χ3n) is 6.70. The number of fused-ring (bicyclic) bond motifs is 1. The lowest BCUT2D eigenvalue weighted by molar-refractivity contribution is -0.139. The Morgan fingerprint density at radius 3 is 2.71 bits per heavy atom. The van der Waals surface area contributed by atoms with E-state index in [1.54, 1.807) is 16.8 Å². The van der Waals surface area contributed by atoms with Crippen LogP contribution in [-0.2, 0) is 20.9 Å². The second-order valence-corrected chi connectivity index (χ2v) is 9.20. The first-order chi connectivity index (χ1) is 14.8. The molecular weight excluding hydrogens is 394 g/mol. The molecule has 7 nitrogen and oxygen atoms in total. The van der Waals surface area contributed by atoms with Crippen LogP contribution in [-0.4, -0.2) is 47.2 Å². The molecule has 2 fully saturated rings. The number of rotatable bonds is 5. The number of carbonyl (C=O) groups excluding carboxylic acids is 2. The summed E-state index contributed by atoms with van der Waals surface area (Å²) < 4.78 is 11.5. The highest BCUT2D eigenvalue weighted by atomic mass is 16.5. The molecule has 2 amide bonds. The number of carbonyl (C=O) groups is 2. The van der Waals surface area contributed by atoms with Crippen LogP contribution in [0.4, 0.5) is 5.69 Å². The monoisotopic (exact) mass is 421 g/mol. The topological polar surface area (TPSA) is 75.9 Å². The van der Waals surface area contributed by atoms with E-state index < -0.39 is 17.4 Å². The van der Waals surface area contributed by atoms with Gasteiger partial charge in [0.25, 0.3) is 0 Å². The molecule has 1 spiro atoms. The lowest BCUT2D eigenvalue weighted by atomic mass is 9.76. The minimum Gasteiger partial charge on any atom is -0.360 e. The van der Waals surface area contributed by atoms with Gasteiger partial charge < -0.3 is 19.1 Å². The molecule has 2 aromatic rings. The van der Waals surface area contributed by atoms with E-state index in [1.807, 2.05) is 37.3 Å². The average molecular weight is 421 g/mol. The van der Waals surface area contributed by atoms with Crippen LogP contribution in [0.15, 0.2) is 47.0 Å². The Bertz CT molecular complexity index is 1060. The highest BCUT2D eigenvalue weighted by Crippen LogP contribution is 2.53. The first-order valence-electron chi connectivity index (χ1n) is 10.7. The molecule has 2 saturated heterocycles. The van der Waals surface area contributed by atoms with E-state index in [4.69, 9.17) is 9.26 Å². The second-order valence-electron chi connectivity index (χ2n) is 9.20. The number of nitrogens with zero attached hydrogens (tertiary/aromatic N) is 3. The van der Waals surface area contributed by atoms with Crippen LogP contribution in [0.3, 0.4) is 0 Å². The second kappa shape index (κ2) is 7.05. The fourth-order valence-electron chi connectivity index (χ4n) is 5.09. The van der Waals surface area contributed by atoms with Gasteiger partial charge in [-0.05, 0) is 30.5 Å². The van der Waals surface area contributed by atoms with Crippen molar-refractivity contribution in [2.45, 2.75) is 44.9 Å². The highest BCUT2D eigenvalue weighted by Gasteiger charge is 2.67. The number of anilines is 1. The molecule has 3 aliphatic rings. The van der Waals surface area contributed by atoms with Crippen molar-refractivity contribution in [3.8, 4) is 0 Å². The van der Waals surface area contributed by atoms with Crippen molar-refractivity contribution in [1.82, 2.24) is 10.1 Å². The predicted molar refractivity (Wildman–Crippen MR) is 114 cm³/mol. The van der Waals surface area contributed by atoms with Gasteiger partial charge in [0.15, 0.2) is 5.76 Å². The molecule has 2 bridgehead atoms. The van der Waals surface area contributed by atoms with Gasteiger partial charge in [0.1, 0.15) is 5.60 Å². The molecule has 0 radical (unpaired) electrons. The minimum atomic E-state index is -0.734. The Morgan fingerprint density at radius 1 is 1.32 bits per heavy atom. The summed E-state index contributed by atoms with van der Waals surface area (Å²) in [5.41, 5.74) is 2.10. The van der Waals surface area contributed by atoms with Crippen molar-refractivity contribution in [2.24, 2.45) is 11.8 Å². The van der Waals surface area contributed by atoms with Crippen molar-refractivity contribution >= 4 is 17.5 Å². The zero-order chi connectivity index (χ0) is 21.9. The maximum atomic E-state index is 13.5. The van der Waals surface area contributed by atoms with Crippen molar-refractivity contribution < 1.29 is 18.8 Å². The molecule has 1 aromatic carbocycles. The standard InChI is InChI=1S/C24H27N3O4/c1-14(2)16-5-7-17(8-6-16)27-13-24-10-9-19(30-24)20(21(24)23(27)29)22(28)26(4)12-18-11-15(3)25-31-18/h5-11,14,19-21H,12-13H2,1-4H3/t19-,20?,21?,24-/m1/s1. The summed E-state index contributed by atoms with van der Waals surface area (Å²) in [6.45, 7) is 6.86. The van der Waals surface area contributed by atoms with Crippen molar-refractivity contribution in [3.63, 3.8) is 0 Å². The van der Waals surface area contributed by atoms with E-state index in [-0.39, 0.29) is 17.9 Å². The zero-order valence-electron chi connectivity index (χ0n) is 18.2. The molecular formula is C24H27N3O4. The third kappa shape index (κ3) is 3.10. The number of amides is 2. The largest absolute Gasteiger partial charge is 0.360 e. The summed E-state index contributed by atoms with van der Waals surface area (Å²) in [5.74, 6) is -0.168. The van der Waals surface area contributed by atoms with Gasteiger partial charge in [0.05, 0.1) is 36.7 Å². The maximum absolute atomic E-state index is 13.5. The van der Waals surface area contributed by atoms with Crippen LogP contribution in [0.5, 0.6) is 0 Å². The number of aryl methyl sites for hydroxylation is 1. The summed E-state index contributed by atoms with van der Waals surface area (Å²) in [6, 6.07) is 9.89. The summed E-state index contributed by atoms with van der Waals surface area (Å²) in [5, 5.41) is 3.88. The van der Waals surface area contributed by atoms with Gasteiger partial charge in [0, 0.05) is 18.8 Å². The Hall–Kier alpha value is -2.93. The van der Waals surface area contributed by atoms with Gasteiger partial charge in [-0.15, -0.1) is 0 Å². The van der Waals surface area contributed by atoms with Crippen molar-refractivity contribution in [2.75, 3.05) is 18.5 Å². The molecule has 0 saturated carbocycles. The Kier molecular flexibility index (Phi) is 4.55. The SMILES string of the molecule is Cc1cc(CN(C)C(=O)C2C3C(=O)N(c4ccc(C(C)C)cc4)C[C@]34C=C[C@H]2O4)on1. The lowest BCUT2D eigenvalue weighted by Crippen LogP contribution is -2.44. The number of hydrogen-bond acceptors (Lipinski definition) is 5. The van der Waals surface area contributed by atoms with Gasteiger partial charge in [0.2, 0.25) is 11.8 Å². The smallest absolute Gasteiger partial charge is 0.234 e. The quantitative estimate of drug-likeness (QED) is 0.694. The van der Waals surface area contributed by atoms with Crippen LogP contribution in [0.25, 0.3) is 0 Å². The first-order valence-corrected chi connectivity index (χ1v) is 10.7. The normalized spacial score (nSPS) is 28.6. The summed E-state index contributed by atoms with van der Waals surface area (Å²) in [4.78, 5) is 30.2. The molecule has 5 rings (SSSR count). The summed E-state index contributed by atoms with van der Waals surface area (Å²) in [6.07, 6.45) is 3.54. The molecule has 31 heavy (non-hydrogen) atoms. The number of aromatic nitrogens is 1. The van der Waals surface area contributed by atoms with E-state index in [9.17, 15) is 9.59 Å². The van der Waals surface area contributed by atoms with Crippen molar-refractivity contribution in [3.05, 3.63) is 59.5 Å². The predicted octanol–water partition coefficient (Wildman–Crippen LogP) is 3.05. The molecule has 3 aliphatic heterocycles. The number of ether oxygens (including phenoxy) is 1. The summed E-state index contributed by atoms with van der Waals surface area (Å²) in [7, 11) is 1.73. The van der Waals surface area contributed by atoms with Crippen LogP contribution >= 0.6 is 0 Å². The molecule has 7 heteroatoms. The Balaban J connectivity index is 1.39. The highest BCUT2D eigenvalue weighted by molar-refractivity contribution is 6.03. The van der Waals surface area contributed by atoms with E-state index >= 15 is 0 Å². The van der Waals surface area contributed by atoms with Crippen molar-refractivity contribution in [1.29, 1.82) is 0 Å². The average Bonchev–Trinajstić information content (AvgIpc) is 3.49. The molecule has 0 aliphatic carbocycles. The number of hydrogen-bond donors (Lipinski definition) is 0. The van der Waals surface area contributed by atoms with Gasteiger partial charge in [-0.1, -0.05) is 43.3 Å². The molecule has 0 N–H and O–H groups in total. The van der Waals surface area contributed by atoms with Gasteiger partial charge >= 0.3 is 0 Å². The van der Waals surface area contributed by atoms with Gasteiger partial charge in [-0.3, -0.25) is 9.59 Å². The first kappa shape index (κ1) is 20.0. The maximum Gasteiger partial charge on any atom is 0.234 e. The van der Waals surface area contributed by atoms with E-state index in [2.05, 4.69) is 31.1 Å². The van der Waals surface area contributed by atoms with Crippen LogP contribution in [0.1, 0.15) is 36.8 Å². The van der Waals surface area contributed by atoms with Crippen LogP contribution < -0.4 is 4.90 Å². The molecule has 4 heterocycles. The van der Waals surface area contributed by atoms with Gasteiger partial charge in [-0.2, -0.15) is 0 Å². The number of benzene rings is 1.